The van der Waals surface area contributed by atoms with Crippen molar-refractivity contribution in [1.29, 1.82) is 0 Å². The van der Waals surface area contributed by atoms with Gasteiger partial charge in [0.25, 0.3) is 6.02 Å². The van der Waals surface area contributed by atoms with Gasteiger partial charge >= 0.3 is 0 Å². The lowest BCUT2D eigenvalue weighted by atomic mass is 9.78. The Morgan fingerprint density at radius 1 is 1.41 bits per heavy atom. The van der Waals surface area contributed by atoms with Crippen molar-refractivity contribution in [3.8, 4) is 0 Å². The lowest BCUT2D eigenvalue weighted by Crippen LogP contribution is -2.48. The second-order valence-corrected chi connectivity index (χ2v) is 4.93. The van der Waals surface area contributed by atoms with Crippen LogP contribution in [0.5, 0.6) is 0 Å². The van der Waals surface area contributed by atoms with Crippen molar-refractivity contribution in [3.63, 3.8) is 0 Å². The number of fused-ring (bicyclic) bond motifs is 1. The number of benzene rings is 1. The number of nitrogens with one attached hydrogen (secondary N) is 1. The summed E-state index contributed by atoms with van der Waals surface area (Å²) < 4.78 is 5.55. The van der Waals surface area contributed by atoms with Gasteiger partial charge in [0.15, 0.2) is 0 Å². The Bertz CT molecular complexity index is 484. The standard InChI is InChI=1S/C13H17N3O/c1-15-12-16-13(8-17-12)5-4-9-2-3-11(14)6-10(9)7-13/h2-3,6H,4-5,7-8,14H2,1H3,(H,15,16). The lowest BCUT2D eigenvalue weighted by Gasteiger charge is -2.32. The van der Waals surface area contributed by atoms with Gasteiger partial charge < -0.3 is 15.8 Å². The summed E-state index contributed by atoms with van der Waals surface area (Å²) in [6.07, 6.45) is 3.12. The van der Waals surface area contributed by atoms with Gasteiger partial charge in [-0.25, -0.2) is 4.99 Å². The predicted molar refractivity (Wildman–Crippen MR) is 68.1 cm³/mol. The van der Waals surface area contributed by atoms with Crippen molar-refractivity contribution in [2.75, 3.05) is 19.4 Å². The van der Waals surface area contributed by atoms with E-state index in [1.54, 1.807) is 7.05 Å². The number of anilines is 1. The molecule has 1 fully saturated rings. The molecule has 1 aromatic rings. The summed E-state index contributed by atoms with van der Waals surface area (Å²) in [5.41, 5.74) is 9.46. The van der Waals surface area contributed by atoms with E-state index in [4.69, 9.17) is 10.5 Å². The van der Waals surface area contributed by atoms with Gasteiger partial charge in [-0.1, -0.05) is 6.07 Å². The molecular weight excluding hydrogens is 214 g/mol. The van der Waals surface area contributed by atoms with Crippen molar-refractivity contribution in [2.24, 2.45) is 4.99 Å². The van der Waals surface area contributed by atoms with Gasteiger partial charge in [-0.2, -0.15) is 0 Å². The van der Waals surface area contributed by atoms with Crippen LogP contribution in [0.25, 0.3) is 0 Å². The van der Waals surface area contributed by atoms with E-state index in [0.717, 1.165) is 24.9 Å². The zero-order valence-corrected chi connectivity index (χ0v) is 9.99. The topological polar surface area (TPSA) is 59.6 Å². The molecule has 3 N–H and O–H groups in total. The maximum atomic E-state index is 5.85. The van der Waals surface area contributed by atoms with Gasteiger partial charge in [-0.05, 0) is 42.5 Å². The maximum absolute atomic E-state index is 5.85. The number of aryl methyl sites for hydroxylation is 1. The van der Waals surface area contributed by atoms with Crippen LogP contribution in [-0.4, -0.2) is 25.2 Å². The summed E-state index contributed by atoms with van der Waals surface area (Å²) in [5.74, 6) is 0. The van der Waals surface area contributed by atoms with Crippen LogP contribution in [0.4, 0.5) is 5.69 Å². The number of amidine groups is 1. The van der Waals surface area contributed by atoms with Gasteiger partial charge in [0.2, 0.25) is 0 Å². The molecule has 1 unspecified atom stereocenters. The fourth-order valence-corrected chi connectivity index (χ4v) is 2.74. The van der Waals surface area contributed by atoms with Gasteiger partial charge in [0.05, 0.1) is 5.54 Å². The van der Waals surface area contributed by atoms with Crippen LogP contribution in [0.1, 0.15) is 17.5 Å². The number of rotatable bonds is 0. The first kappa shape index (κ1) is 10.4. The molecule has 1 aromatic carbocycles. The molecule has 0 saturated carbocycles. The zero-order valence-electron chi connectivity index (χ0n) is 9.99. The lowest BCUT2D eigenvalue weighted by molar-refractivity contribution is 0.242. The Morgan fingerprint density at radius 3 is 3.06 bits per heavy atom. The average Bonchev–Trinajstić information content (AvgIpc) is 2.72. The van der Waals surface area contributed by atoms with E-state index < -0.39 is 0 Å². The second kappa shape index (κ2) is 3.65. The summed E-state index contributed by atoms with van der Waals surface area (Å²) in [6, 6.07) is 6.87. The number of ether oxygens (including phenoxy) is 1. The number of hydrogen-bond donors (Lipinski definition) is 2. The molecule has 3 rings (SSSR count). The van der Waals surface area contributed by atoms with Crippen LogP contribution in [0.3, 0.4) is 0 Å². The summed E-state index contributed by atoms with van der Waals surface area (Å²) in [7, 11) is 1.75. The highest BCUT2D eigenvalue weighted by Crippen LogP contribution is 2.32. The van der Waals surface area contributed by atoms with Crippen molar-refractivity contribution >= 4 is 11.7 Å². The molecule has 0 aromatic heterocycles. The van der Waals surface area contributed by atoms with E-state index in [-0.39, 0.29) is 5.54 Å². The summed E-state index contributed by atoms with van der Waals surface area (Å²) >= 11 is 0. The predicted octanol–water partition coefficient (Wildman–Crippen LogP) is 1.10. The SMILES string of the molecule is CN=C1NC2(CCc3ccc(N)cc3C2)CO1. The third kappa shape index (κ3) is 1.73. The number of nitrogens with two attached hydrogens (primary N) is 1. The maximum Gasteiger partial charge on any atom is 0.284 e. The monoisotopic (exact) mass is 231 g/mol. The summed E-state index contributed by atoms with van der Waals surface area (Å²) in [4.78, 5) is 4.07. The smallest absolute Gasteiger partial charge is 0.284 e. The highest BCUT2D eigenvalue weighted by atomic mass is 16.5. The number of nitrogens with zero attached hydrogens (tertiary/aromatic N) is 1. The van der Waals surface area contributed by atoms with Crippen LogP contribution < -0.4 is 11.1 Å². The molecule has 0 radical (unpaired) electrons. The minimum absolute atomic E-state index is 0.0234. The van der Waals surface area contributed by atoms with Crippen molar-refractivity contribution in [2.45, 2.75) is 24.8 Å². The number of hydrogen-bond acceptors (Lipinski definition) is 3. The van der Waals surface area contributed by atoms with Gasteiger partial charge in [-0.15, -0.1) is 0 Å². The zero-order chi connectivity index (χ0) is 11.9. The summed E-state index contributed by atoms with van der Waals surface area (Å²) in [6.45, 7) is 0.702. The summed E-state index contributed by atoms with van der Waals surface area (Å²) in [5, 5.41) is 3.40. The third-order valence-electron chi connectivity index (χ3n) is 3.69. The normalized spacial score (nSPS) is 28.9. The molecule has 1 aliphatic carbocycles. The number of aliphatic imine (C=N–C) groups is 1. The molecular formula is C13H17N3O. The van der Waals surface area contributed by atoms with Crippen molar-refractivity contribution in [3.05, 3.63) is 29.3 Å². The highest BCUT2D eigenvalue weighted by molar-refractivity contribution is 5.76. The van der Waals surface area contributed by atoms with Crippen LogP contribution >= 0.6 is 0 Å². The minimum Gasteiger partial charge on any atom is -0.463 e. The fraction of sp³-hybridized carbons (Fsp3) is 0.462. The van der Waals surface area contributed by atoms with Crippen molar-refractivity contribution in [1.82, 2.24) is 5.32 Å². The molecule has 1 spiro atoms. The highest BCUT2D eigenvalue weighted by Gasteiger charge is 2.40. The van der Waals surface area contributed by atoms with Crippen molar-refractivity contribution < 1.29 is 4.74 Å². The van der Waals surface area contributed by atoms with E-state index >= 15 is 0 Å². The molecule has 2 aliphatic rings. The average molecular weight is 231 g/mol. The molecule has 1 saturated heterocycles. The Balaban J connectivity index is 1.90. The van der Waals surface area contributed by atoms with Crippen LogP contribution in [0.2, 0.25) is 0 Å². The largest absolute Gasteiger partial charge is 0.463 e. The van der Waals surface area contributed by atoms with Gasteiger partial charge in [-0.3, -0.25) is 0 Å². The molecule has 1 atom stereocenters. The molecule has 0 amide bonds. The van der Waals surface area contributed by atoms with Gasteiger partial charge in [0, 0.05) is 12.7 Å². The van der Waals surface area contributed by atoms with Crippen LogP contribution in [0, 0.1) is 0 Å². The first-order valence-corrected chi connectivity index (χ1v) is 5.96. The molecule has 1 heterocycles. The molecule has 90 valence electrons. The van der Waals surface area contributed by atoms with E-state index in [2.05, 4.69) is 22.4 Å². The van der Waals surface area contributed by atoms with Gasteiger partial charge in [0.1, 0.15) is 6.61 Å². The molecule has 17 heavy (non-hydrogen) atoms. The third-order valence-corrected chi connectivity index (χ3v) is 3.69. The quantitative estimate of drug-likeness (QED) is 0.657. The number of nitrogen functional groups attached to an aromatic ring is 1. The molecule has 4 nitrogen and oxygen atoms in total. The Morgan fingerprint density at radius 2 is 2.29 bits per heavy atom. The van der Waals surface area contributed by atoms with Crippen LogP contribution in [0.15, 0.2) is 23.2 Å². The first-order chi connectivity index (χ1) is 8.21. The van der Waals surface area contributed by atoms with E-state index in [1.165, 1.54) is 11.1 Å². The van der Waals surface area contributed by atoms with E-state index in [0.29, 0.717) is 12.6 Å². The molecule has 1 aliphatic heterocycles. The molecule has 0 bridgehead atoms. The Hall–Kier alpha value is -1.71. The fourth-order valence-electron chi connectivity index (χ4n) is 2.74. The van der Waals surface area contributed by atoms with E-state index in [9.17, 15) is 0 Å². The Labute approximate surface area is 101 Å². The van der Waals surface area contributed by atoms with E-state index in [1.807, 2.05) is 6.07 Å². The van der Waals surface area contributed by atoms with Crippen LogP contribution in [-0.2, 0) is 17.6 Å². The first-order valence-electron chi connectivity index (χ1n) is 5.96. The second-order valence-electron chi connectivity index (χ2n) is 4.93. The Kier molecular flexibility index (Phi) is 2.24. The minimum atomic E-state index is 0.0234. The molecule has 4 heteroatoms.